The summed E-state index contributed by atoms with van der Waals surface area (Å²) in [5, 5.41) is 0. The Balaban J connectivity index is 1.77. The van der Waals surface area contributed by atoms with Crippen LogP contribution in [0.25, 0.3) is 0 Å². The summed E-state index contributed by atoms with van der Waals surface area (Å²) in [6.07, 6.45) is 1.87. The van der Waals surface area contributed by atoms with Crippen LogP contribution < -0.4 is 14.4 Å². The van der Waals surface area contributed by atoms with E-state index in [1.807, 2.05) is 38.1 Å². The molecular formula is C18H23N3O2. The summed E-state index contributed by atoms with van der Waals surface area (Å²) in [5.74, 6) is 2.88. The number of hydrogen-bond acceptors (Lipinski definition) is 5. The van der Waals surface area contributed by atoms with Crippen molar-refractivity contribution in [3.63, 3.8) is 0 Å². The molecule has 0 unspecified atom stereocenters. The van der Waals surface area contributed by atoms with Crippen molar-refractivity contribution >= 4 is 5.95 Å². The molecule has 0 saturated heterocycles. The Hall–Kier alpha value is -2.30. The summed E-state index contributed by atoms with van der Waals surface area (Å²) in [7, 11) is 5.60. The second-order valence-electron chi connectivity index (χ2n) is 6.23. The molecule has 2 aromatic rings. The topological polar surface area (TPSA) is 47.5 Å². The zero-order valence-electron chi connectivity index (χ0n) is 14.2. The maximum atomic E-state index is 5.96. The summed E-state index contributed by atoms with van der Waals surface area (Å²) < 4.78 is 11.3. The molecule has 1 atom stereocenters. The smallest absolute Gasteiger partial charge is 0.225 e. The minimum absolute atomic E-state index is 0.416. The van der Waals surface area contributed by atoms with Gasteiger partial charge in [-0.2, -0.15) is 0 Å². The summed E-state index contributed by atoms with van der Waals surface area (Å²) in [6, 6.07) is 8.13. The highest BCUT2D eigenvalue weighted by atomic mass is 16.5. The van der Waals surface area contributed by atoms with Gasteiger partial charge >= 0.3 is 0 Å². The number of aromatic nitrogens is 2. The summed E-state index contributed by atoms with van der Waals surface area (Å²) in [5.41, 5.74) is 3.28. The van der Waals surface area contributed by atoms with Gasteiger partial charge in [0, 0.05) is 31.4 Å². The maximum absolute atomic E-state index is 5.96. The Morgan fingerprint density at radius 2 is 2.13 bits per heavy atom. The highest BCUT2D eigenvalue weighted by molar-refractivity contribution is 5.47. The molecule has 0 saturated carbocycles. The van der Waals surface area contributed by atoms with Gasteiger partial charge in [0.1, 0.15) is 0 Å². The fourth-order valence-electron chi connectivity index (χ4n) is 2.97. The van der Waals surface area contributed by atoms with E-state index in [-0.39, 0.29) is 0 Å². The fourth-order valence-corrected chi connectivity index (χ4v) is 2.97. The molecule has 1 aliphatic rings. The molecule has 0 fully saturated rings. The zero-order chi connectivity index (χ0) is 16.4. The van der Waals surface area contributed by atoms with E-state index in [0.29, 0.717) is 12.5 Å². The molecule has 5 heteroatoms. The molecule has 1 aliphatic heterocycles. The van der Waals surface area contributed by atoms with Gasteiger partial charge in [-0.1, -0.05) is 12.1 Å². The van der Waals surface area contributed by atoms with Crippen molar-refractivity contribution in [1.82, 2.24) is 9.97 Å². The van der Waals surface area contributed by atoms with Gasteiger partial charge in [0.2, 0.25) is 5.95 Å². The minimum atomic E-state index is 0.416. The van der Waals surface area contributed by atoms with E-state index in [1.54, 1.807) is 7.11 Å². The molecule has 0 aliphatic carbocycles. The summed E-state index contributed by atoms with van der Waals surface area (Å²) in [4.78, 5) is 11.0. The number of anilines is 1. The van der Waals surface area contributed by atoms with Crippen molar-refractivity contribution in [3.05, 3.63) is 41.2 Å². The van der Waals surface area contributed by atoms with Gasteiger partial charge in [0.05, 0.1) is 13.7 Å². The van der Waals surface area contributed by atoms with Crippen molar-refractivity contribution in [2.45, 2.75) is 19.8 Å². The van der Waals surface area contributed by atoms with Crippen LogP contribution in [0.15, 0.2) is 24.3 Å². The molecule has 122 valence electrons. The number of methoxy groups -OCH3 is 1. The van der Waals surface area contributed by atoms with Crippen LogP contribution in [0, 0.1) is 12.8 Å². The third-order valence-corrected chi connectivity index (χ3v) is 4.05. The lowest BCUT2D eigenvalue weighted by Crippen LogP contribution is -2.24. The largest absolute Gasteiger partial charge is 0.493 e. The SMILES string of the molecule is COc1cccc2c1OC[C@H](Cc1cc(C)nc(N(C)C)n1)C2. The molecule has 5 nitrogen and oxygen atoms in total. The monoisotopic (exact) mass is 313 g/mol. The Kier molecular flexibility index (Phi) is 4.37. The van der Waals surface area contributed by atoms with Crippen LogP contribution in [0.1, 0.15) is 17.0 Å². The van der Waals surface area contributed by atoms with E-state index >= 15 is 0 Å². The van der Waals surface area contributed by atoms with Crippen LogP contribution in [0.5, 0.6) is 11.5 Å². The lowest BCUT2D eigenvalue weighted by molar-refractivity contribution is 0.210. The quantitative estimate of drug-likeness (QED) is 0.868. The molecule has 0 radical (unpaired) electrons. The van der Waals surface area contributed by atoms with Crippen molar-refractivity contribution < 1.29 is 9.47 Å². The van der Waals surface area contributed by atoms with Gasteiger partial charge in [0.25, 0.3) is 0 Å². The van der Waals surface area contributed by atoms with Crippen molar-refractivity contribution in [3.8, 4) is 11.5 Å². The number of fused-ring (bicyclic) bond motifs is 1. The molecule has 0 N–H and O–H groups in total. The van der Waals surface area contributed by atoms with Gasteiger partial charge in [-0.25, -0.2) is 9.97 Å². The molecule has 3 rings (SSSR count). The molecule has 0 spiro atoms. The number of nitrogens with zero attached hydrogens (tertiary/aromatic N) is 3. The van der Waals surface area contributed by atoms with Crippen molar-refractivity contribution in [2.24, 2.45) is 5.92 Å². The van der Waals surface area contributed by atoms with Crippen LogP contribution in [0.4, 0.5) is 5.95 Å². The second-order valence-corrected chi connectivity index (χ2v) is 6.23. The van der Waals surface area contributed by atoms with Crippen LogP contribution in [0.2, 0.25) is 0 Å². The van der Waals surface area contributed by atoms with Gasteiger partial charge in [-0.05, 0) is 37.5 Å². The Morgan fingerprint density at radius 1 is 1.30 bits per heavy atom. The third-order valence-electron chi connectivity index (χ3n) is 4.05. The first kappa shape index (κ1) is 15.6. The standard InChI is InChI=1S/C18H23N3O2/c1-12-8-15(20-18(19-12)21(2)3)10-13-9-14-6-5-7-16(22-4)17(14)23-11-13/h5-8,13H,9-11H2,1-4H3/t13-/m0/s1. The van der Waals surface area contributed by atoms with Crippen molar-refractivity contribution in [2.75, 3.05) is 32.7 Å². The molecule has 0 amide bonds. The average molecular weight is 313 g/mol. The van der Waals surface area contributed by atoms with Gasteiger partial charge < -0.3 is 14.4 Å². The molecule has 23 heavy (non-hydrogen) atoms. The fraction of sp³-hybridized carbons (Fsp3) is 0.444. The molecular weight excluding hydrogens is 290 g/mol. The second kappa shape index (κ2) is 6.44. The predicted molar refractivity (Wildman–Crippen MR) is 90.5 cm³/mol. The van der Waals surface area contributed by atoms with E-state index in [2.05, 4.69) is 22.1 Å². The average Bonchev–Trinajstić information content (AvgIpc) is 2.53. The number of aryl methyl sites for hydroxylation is 1. The van der Waals surface area contributed by atoms with E-state index < -0.39 is 0 Å². The lowest BCUT2D eigenvalue weighted by atomic mass is 9.92. The highest BCUT2D eigenvalue weighted by Gasteiger charge is 2.23. The normalized spacial score (nSPS) is 16.4. The molecule has 2 heterocycles. The number of rotatable bonds is 4. The first-order valence-electron chi connectivity index (χ1n) is 7.87. The highest BCUT2D eigenvalue weighted by Crippen LogP contribution is 2.36. The predicted octanol–water partition coefficient (Wildman–Crippen LogP) is 2.65. The van der Waals surface area contributed by atoms with Crippen LogP contribution >= 0.6 is 0 Å². The van der Waals surface area contributed by atoms with E-state index in [0.717, 1.165) is 41.7 Å². The van der Waals surface area contributed by atoms with E-state index in [1.165, 1.54) is 5.56 Å². The molecule has 0 bridgehead atoms. The zero-order valence-corrected chi connectivity index (χ0v) is 14.2. The Morgan fingerprint density at radius 3 is 2.87 bits per heavy atom. The number of benzene rings is 1. The van der Waals surface area contributed by atoms with Gasteiger partial charge in [-0.15, -0.1) is 0 Å². The van der Waals surface area contributed by atoms with E-state index in [4.69, 9.17) is 9.47 Å². The van der Waals surface area contributed by atoms with Crippen molar-refractivity contribution in [1.29, 1.82) is 0 Å². The van der Waals surface area contributed by atoms with Crippen LogP contribution in [0.3, 0.4) is 0 Å². The lowest BCUT2D eigenvalue weighted by Gasteiger charge is -2.26. The summed E-state index contributed by atoms with van der Waals surface area (Å²) in [6.45, 7) is 2.70. The van der Waals surface area contributed by atoms with E-state index in [9.17, 15) is 0 Å². The molecule has 1 aromatic heterocycles. The maximum Gasteiger partial charge on any atom is 0.225 e. The van der Waals surface area contributed by atoms with Crippen LogP contribution in [-0.2, 0) is 12.8 Å². The first-order valence-corrected chi connectivity index (χ1v) is 7.87. The summed E-state index contributed by atoms with van der Waals surface area (Å²) >= 11 is 0. The number of hydrogen-bond donors (Lipinski definition) is 0. The number of ether oxygens (including phenoxy) is 2. The molecule has 1 aromatic carbocycles. The van der Waals surface area contributed by atoms with Gasteiger partial charge in [0.15, 0.2) is 11.5 Å². The van der Waals surface area contributed by atoms with Gasteiger partial charge in [-0.3, -0.25) is 0 Å². The van der Waals surface area contributed by atoms with Crippen LogP contribution in [-0.4, -0.2) is 37.8 Å². The minimum Gasteiger partial charge on any atom is -0.493 e. The number of para-hydroxylation sites is 1. The third kappa shape index (κ3) is 3.38. The Bertz CT molecular complexity index is 701. The first-order chi connectivity index (χ1) is 11.1. The Labute approximate surface area is 137 Å².